The number of rotatable bonds is 4. The molecular formula is C15H22ClN3O. The van der Waals surface area contributed by atoms with Gasteiger partial charge in [-0.25, -0.2) is 0 Å². The van der Waals surface area contributed by atoms with Gasteiger partial charge in [-0.15, -0.1) is 0 Å². The van der Waals surface area contributed by atoms with Gasteiger partial charge in [-0.1, -0.05) is 23.7 Å². The van der Waals surface area contributed by atoms with Crippen molar-refractivity contribution in [3.63, 3.8) is 0 Å². The molecule has 0 saturated carbocycles. The molecule has 0 aromatic heterocycles. The van der Waals surface area contributed by atoms with E-state index in [9.17, 15) is 4.79 Å². The van der Waals surface area contributed by atoms with Crippen LogP contribution in [-0.4, -0.2) is 61.5 Å². The van der Waals surface area contributed by atoms with E-state index < -0.39 is 0 Å². The van der Waals surface area contributed by atoms with Gasteiger partial charge in [-0.05, 0) is 26.1 Å². The zero-order valence-corrected chi connectivity index (χ0v) is 12.9. The Morgan fingerprint density at radius 2 is 1.95 bits per heavy atom. The second kappa shape index (κ2) is 7.07. The topological polar surface area (TPSA) is 35.6 Å². The quantitative estimate of drug-likeness (QED) is 0.918. The summed E-state index contributed by atoms with van der Waals surface area (Å²) >= 11 is 6.02. The molecule has 1 aromatic carbocycles. The van der Waals surface area contributed by atoms with Crippen molar-refractivity contribution in [3.8, 4) is 0 Å². The van der Waals surface area contributed by atoms with Gasteiger partial charge < -0.3 is 10.2 Å². The number of halogens is 1. The van der Waals surface area contributed by atoms with E-state index in [4.69, 9.17) is 11.6 Å². The number of piperazine rings is 1. The molecule has 0 aliphatic carbocycles. The summed E-state index contributed by atoms with van der Waals surface area (Å²) < 4.78 is 0. The summed E-state index contributed by atoms with van der Waals surface area (Å²) in [6, 6.07) is 7.48. The zero-order valence-electron chi connectivity index (χ0n) is 12.1. The maximum absolute atomic E-state index is 12.1. The van der Waals surface area contributed by atoms with Crippen molar-refractivity contribution in [2.45, 2.75) is 13.0 Å². The highest BCUT2D eigenvalue weighted by atomic mass is 35.5. The second-order valence-electron chi connectivity index (χ2n) is 5.38. The van der Waals surface area contributed by atoms with Gasteiger partial charge in [0.2, 0.25) is 0 Å². The van der Waals surface area contributed by atoms with Crippen LogP contribution in [0.4, 0.5) is 0 Å². The number of nitrogens with one attached hydrogen (secondary N) is 1. The standard InChI is InChI=1S/C15H22ClN3O/c1-12(19-9-7-18(2)8-10-19)11-17-15(20)13-5-3-4-6-14(13)16/h3-6,12H,7-11H2,1-2H3,(H,17,20)/t12-/m0/s1. The normalized spacial score (nSPS) is 18.8. The molecule has 1 N–H and O–H groups in total. The second-order valence-corrected chi connectivity index (χ2v) is 5.79. The summed E-state index contributed by atoms with van der Waals surface area (Å²) in [7, 11) is 2.14. The van der Waals surface area contributed by atoms with Crippen molar-refractivity contribution in [1.82, 2.24) is 15.1 Å². The monoisotopic (exact) mass is 295 g/mol. The first-order valence-corrected chi connectivity index (χ1v) is 7.41. The first kappa shape index (κ1) is 15.3. The average Bonchev–Trinajstić information content (AvgIpc) is 2.45. The van der Waals surface area contributed by atoms with E-state index in [1.165, 1.54) is 0 Å². The number of hydrogen-bond donors (Lipinski definition) is 1. The molecule has 1 aromatic rings. The summed E-state index contributed by atoms with van der Waals surface area (Å²) in [5, 5.41) is 3.47. The highest BCUT2D eigenvalue weighted by Crippen LogP contribution is 2.14. The molecule has 0 spiro atoms. The van der Waals surface area contributed by atoms with E-state index in [2.05, 4.69) is 29.1 Å². The molecule has 0 radical (unpaired) electrons. The Hall–Kier alpha value is -1.10. The minimum Gasteiger partial charge on any atom is -0.350 e. The highest BCUT2D eigenvalue weighted by molar-refractivity contribution is 6.33. The van der Waals surface area contributed by atoms with E-state index >= 15 is 0 Å². The maximum Gasteiger partial charge on any atom is 0.252 e. The Balaban J connectivity index is 1.83. The fourth-order valence-corrected chi connectivity index (χ4v) is 2.59. The molecule has 4 nitrogen and oxygen atoms in total. The van der Waals surface area contributed by atoms with Crippen molar-refractivity contribution < 1.29 is 4.79 Å². The number of likely N-dealkylation sites (N-methyl/N-ethyl adjacent to an activating group) is 1. The molecule has 1 fully saturated rings. The van der Waals surface area contributed by atoms with E-state index in [0.29, 0.717) is 23.2 Å². The van der Waals surface area contributed by atoms with Crippen molar-refractivity contribution in [2.75, 3.05) is 39.8 Å². The third-order valence-corrected chi connectivity index (χ3v) is 4.17. The smallest absolute Gasteiger partial charge is 0.252 e. The minimum absolute atomic E-state index is 0.100. The number of benzene rings is 1. The molecule has 5 heteroatoms. The van der Waals surface area contributed by atoms with Crippen LogP contribution in [0.5, 0.6) is 0 Å². The molecule has 1 aliphatic heterocycles. The van der Waals surface area contributed by atoms with Gasteiger partial charge in [0.1, 0.15) is 0 Å². The Kier molecular flexibility index (Phi) is 5.40. The summed E-state index contributed by atoms with van der Waals surface area (Å²) in [5.41, 5.74) is 0.541. The minimum atomic E-state index is -0.100. The lowest BCUT2D eigenvalue weighted by molar-refractivity contribution is 0.0903. The van der Waals surface area contributed by atoms with Crippen LogP contribution in [0.25, 0.3) is 0 Å². The van der Waals surface area contributed by atoms with Gasteiger partial charge in [-0.2, -0.15) is 0 Å². The first-order valence-electron chi connectivity index (χ1n) is 7.03. The van der Waals surface area contributed by atoms with Crippen LogP contribution in [0.15, 0.2) is 24.3 Å². The molecule has 2 rings (SSSR count). The van der Waals surface area contributed by atoms with Crippen LogP contribution in [0.3, 0.4) is 0 Å². The fourth-order valence-electron chi connectivity index (χ4n) is 2.37. The molecule has 0 bridgehead atoms. The molecule has 1 aliphatic rings. The third-order valence-electron chi connectivity index (χ3n) is 3.84. The van der Waals surface area contributed by atoms with Gasteiger partial charge in [0.15, 0.2) is 0 Å². The SMILES string of the molecule is C[C@@H](CNC(=O)c1ccccc1Cl)N1CCN(C)CC1. The van der Waals surface area contributed by atoms with Gasteiger partial charge in [-0.3, -0.25) is 9.69 Å². The zero-order chi connectivity index (χ0) is 14.5. The Morgan fingerprint density at radius 1 is 1.30 bits per heavy atom. The predicted molar refractivity (Wildman–Crippen MR) is 82.3 cm³/mol. The number of amides is 1. The first-order chi connectivity index (χ1) is 9.58. The van der Waals surface area contributed by atoms with Crippen molar-refractivity contribution in [2.24, 2.45) is 0 Å². The molecule has 1 heterocycles. The lowest BCUT2D eigenvalue weighted by Crippen LogP contribution is -2.51. The number of nitrogens with zero attached hydrogens (tertiary/aromatic N) is 2. The third kappa shape index (κ3) is 3.95. The van der Waals surface area contributed by atoms with Crippen LogP contribution < -0.4 is 5.32 Å². The Labute approximate surface area is 125 Å². The number of carbonyl (C=O) groups excluding carboxylic acids is 1. The molecule has 0 unspecified atom stereocenters. The van der Waals surface area contributed by atoms with E-state index in [1.54, 1.807) is 12.1 Å². The van der Waals surface area contributed by atoms with Crippen LogP contribution in [0.2, 0.25) is 5.02 Å². The molecule has 110 valence electrons. The van der Waals surface area contributed by atoms with Gasteiger partial charge >= 0.3 is 0 Å². The van der Waals surface area contributed by atoms with E-state index in [0.717, 1.165) is 26.2 Å². The van der Waals surface area contributed by atoms with Crippen molar-refractivity contribution in [3.05, 3.63) is 34.9 Å². The van der Waals surface area contributed by atoms with E-state index in [-0.39, 0.29) is 5.91 Å². The fraction of sp³-hybridized carbons (Fsp3) is 0.533. The molecule has 1 saturated heterocycles. The molecule has 1 atom stereocenters. The summed E-state index contributed by atoms with van der Waals surface area (Å²) in [6.45, 7) is 7.08. The summed E-state index contributed by atoms with van der Waals surface area (Å²) in [5.74, 6) is -0.100. The maximum atomic E-state index is 12.1. The lowest BCUT2D eigenvalue weighted by atomic mass is 10.2. The highest BCUT2D eigenvalue weighted by Gasteiger charge is 2.19. The Morgan fingerprint density at radius 3 is 2.60 bits per heavy atom. The Bertz CT molecular complexity index is 458. The average molecular weight is 296 g/mol. The number of hydrogen-bond acceptors (Lipinski definition) is 3. The molecule has 1 amide bonds. The van der Waals surface area contributed by atoms with E-state index in [1.807, 2.05) is 12.1 Å². The van der Waals surface area contributed by atoms with Gasteiger partial charge in [0.05, 0.1) is 10.6 Å². The molecular weight excluding hydrogens is 274 g/mol. The van der Waals surface area contributed by atoms with Gasteiger partial charge in [0.25, 0.3) is 5.91 Å². The van der Waals surface area contributed by atoms with Gasteiger partial charge in [0, 0.05) is 38.8 Å². The van der Waals surface area contributed by atoms with Crippen molar-refractivity contribution in [1.29, 1.82) is 0 Å². The number of carbonyl (C=O) groups is 1. The van der Waals surface area contributed by atoms with Crippen LogP contribution >= 0.6 is 11.6 Å². The summed E-state index contributed by atoms with van der Waals surface area (Å²) in [6.07, 6.45) is 0. The predicted octanol–water partition coefficient (Wildman–Crippen LogP) is 1.71. The lowest BCUT2D eigenvalue weighted by Gasteiger charge is -2.36. The van der Waals surface area contributed by atoms with Crippen LogP contribution in [0.1, 0.15) is 17.3 Å². The largest absolute Gasteiger partial charge is 0.350 e. The van der Waals surface area contributed by atoms with Crippen molar-refractivity contribution >= 4 is 17.5 Å². The van der Waals surface area contributed by atoms with Crippen LogP contribution in [0, 0.1) is 0 Å². The summed E-state index contributed by atoms with van der Waals surface area (Å²) in [4.78, 5) is 16.8. The van der Waals surface area contributed by atoms with Crippen LogP contribution in [-0.2, 0) is 0 Å². The molecule has 20 heavy (non-hydrogen) atoms.